The van der Waals surface area contributed by atoms with Gasteiger partial charge in [-0.1, -0.05) is 24.3 Å². The van der Waals surface area contributed by atoms with Crippen LogP contribution in [0, 0.1) is 11.3 Å². The number of nitrogens with zero attached hydrogens (tertiary/aromatic N) is 1. The minimum atomic E-state index is 0.146. The molecule has 0 spiro atoms. The van der Waals surface area contributed by atoms with E-state index in [1.54, 1.807) is 0 Å². The van der Waals surface area contributed by atoms with Crippen LogP contribution in [0.5, 0.6) is 5.75 Å². The lowest BCUT2D eigenvalue weighted by atomic mass is 10.1. The monoisotopic (exact) mass is 266 g/mol. The lowest BCUT2D eigenvalue weighted by molar-refractivity contribution is 0.243. The van der Waals surface area contributed by atoms with E-state index in [0.29, 0.717) is 12.1 Å². The molecule has 2 aromatic rings. The molecule has 0 radical (unpaired) electrons. The van der Waals surface area contributed by atoms with E-state index in [9.17, 15) is 0 Å². The van der Waals surface area contributed by atoms with Crippen LogP contribution in [0.15, 0.2) is 48.5 Å². The van der Waals surface area contributed by atoms with Crippen LogP contribution in [0.1, 0.15) is 25.0 Å². The molecule has 0 bridgehead atoms. The average Bonchev–Trinajstić information content (AvgIpc) is 2.46. The Bertz CT molecular complexity index is 597. The average molecular weight is 266 g/mol. The molecule has 2 rings (SSSR count). The third kappa shape index (κ3) is 3.76. The summed E-state index contributed by atoms with van der Waals surface area (Å²) in [5, 5.41) is 12.1. The van der Waals surface area contributed by atoms with Gasteiger partial charge in [0, 0.05) is 6.54 Å². The summed E-state index contributed by atoms with van der Waals surface area (Å²) in [5.74, 6) is 0.858. The molecule has 0 fully saturated rings. The maximum atomic E-state index is 8.77. The fraction of sp³-hybridized carbons (Fsp3) is 0.235. The number of rotatable bonds is 5. The summed E-state index contributed by atoms with van der Waals surface area (Å²) in [6.07, 6.45) is 0.146. The molecule has 102 valence electrons. The Morgan fingerprint density at radius 1 is 1.10 bits per heavy atom. The molecule has 2 aromatic carbocycles. The van der Waals surface area contributed by atoms with Crippen molar-refractivity contribution in [1.29, 1.82) is 5.26 Å². The van der Waals surface area contributed by atoms with Crippen molar-refractivity contribution in [3.8, 4) is 11.8 Å². The van der Waals surface area contributed by atoms with Crippen LogP contribution in [0.3, 0.4) is 0 Å². The molecule has 0 saturated heterocycles. The van der Waals surface area contributed by atoms with Crippen molar-refractivity contribution >= 4 is 5.69 Å². The number of hydrogen-bond acceptors (Lipinski definition) is 3. The summed E-state index contributed by atoms with van der Waals surface area (Å²) in [5.41, 5.74) is 2.78. The lowest BCUT2D eigenvalue weighted by Gasteiger charge is -2.15. The minimum absolute atomic E-state index is 0.146. The summed E-state index contributed by atoms with van der Waals surface area (Å²) >= 11 is 0. The molecule has 20 heavy (non-hydrogen) atoms. The van der Waals surface area contributed by atoms with Crippen LogP contribution in [0.2, 0.25) is 0 Å². The lowest BCUT2D eigenvalue weighted by Crippen LogP contribution is -2.08. The molecule has 0 heterocycles. The molecule has 3 heteroatoms. The van der Waals surface area contributed by atoms with Crippen LogP contribution in [-0.4, -0.2) is 6.10 Å². The maximum Gasteiger partial charge on any atom is 0.142 e. The van der Waals surface area contributed by atoms with Crippen LogP contribution >= 0.6 is 0 Å². The van der Waals surface area contributed by atoms with E-state index in [1.807, 2.05) is 62.4 Å². The predicted molar refractivity (Wildman–Crippen MR) is 80.7 cm³/mol. The predicted octanol–water partition coefficient (Wildman–Crippen LogP) is 3.96. The van der Waals surface area contributed by atoms with Gasteiger partial charge in [0.1, 0.15) is 5.75 Å². The first-order valence-corrected chi connectivity index (χ1v) is 6.67. The molecule has 0 saturated carbocycles. The Morgan fingerprint density at radius 3 is 2.45 bits per heavy atom. The number of anilines is 1. The summed E-state index contributed by atoms with van der Waals surface area (Å²) in [7, 11) is 0. The number of ether oxygens (including phenoxy) is 1. The van der Waals surface area contributed by atoms with Gasteiger partial charge in [0.2, 0.25) is 0 Å². The molecule has 0 unspecified atom stereocenters. The van der Waals surface area contributed by atoms with Gasteiger partial charge in [-0.05, 0) is 43.7 Å². The number of para-hydroxylation sites is 2. The fourth-order valence-electron chi connectivity index (χ4n) is 1.86. The van der Waals surface area contributed by atoms with Crippen molar-refractivity contribution in [3.63, 3.8) is 0 Å². The van der Waals surface area contributed by atoms with Gasteiger partial charge < -0.3 is 10.1 Å². The van der Waals surface area contributed by atoms with Gasteiger partial charge in [-0.3, -0.25) is 0 Å². The van der Waals surface area contributed by atoms with E-state index in [2.05, 4.69) is 11.4 Å². The smallest absolute Gasteiger partial charge is 0.142 e. The first-order chi connectivity index (χ1) is 9.69. The van der Waals surface area contributed by atoms with E-state index >= 15 is 0 Å². The van der Waals surface area contributed by atoms with Crippen molar-refractivity contribution in [2.24, 2.45) is 0 Å². The molecular weight excluding hydrogens is 248 g/mol. The first kappa shape index (κ1) is 14.0. The van der Waals surface area contributed by atoms with E-state index in [1.165, 1.54) is 0 Å². The highest BCUT2D eigenvalue weighted by Crippen LogP contribution is 2.25. The van der Waals surface area contributed by atoms with Crippen molar-refractivity contribution in [2.45, 2.75) is 26.5 Å². The van der Waals surface area contributed by atoms with Crippen LogP contribution < -0.4 is 10.1 Å². The Kier molecular flexibility index (Phi) is 4.62. The van der Waals surface area contributed by atoms with E-state index in [4.69, 9.17) is 10.00 Å². The zero-order chi connectivity index (χ0) is 14.4. The van der Waals surface area contributed by atoms with E-state index < -0.39 is 0 Å². The largest absolute Gasteiger partial charge is 0.489 e. The topological polar surface area (TPSA) is 45.0 Å². The van der Waals surface area contributed by atoms with Crippen molar-refractivity contribution in [2.75, 3.05) is 5.32 Å². The second-order valence-electron chi connectivity index (χ2n) is 4.83. The summed E-state index contributed by atoms with van der Waals surface area (Å²) < 4.78 is 5.76. The first-order valence-electron chi connectivity index (χ1n) is 6.67. The van der Waals surface area contributed by atoms with Gasteiger partial charge >= 0.3 is 0 Å². The normalized spacial score (nSPS) is 10.1. The zero-order valence-electron chi connectivity index (χ0n) is 11.8. The zero-order valence-corrected chi connectivity index (χ0v) is 11.8. The van der Waals surface area contributed by atoms with E-state index in [-0.39, 0.29) is 6.10 Å². The van der Waals surface area contributed by atoms with Gasteiger partial charge in [0.15, 0.2) is 0 Å². The highest BCUT2D eigenvalue weighted by Gasteiger charge is 2.04. The Labute approximate surface area is 119 Å². The van der Waals surface area contributed by atoms with E-state index in [0.717, 1.165) is 17.0 Å². The van der Waals surface area contributed by atoms with Crippen LogP contribution in [0.4, 0.5) is 5.69 Å². The molecule has 0 aliphatic carbocycles. The molecule has 0 aliphatic rings. The van der Waals surface area contributed by atoms with Gasteiger partial charge in [0.25, 0.3) is 0 Å². The van der Waals surface area contributed by atoms with Crippen LogP contribution in [-0.2, 0) is 6.54 Å². The van der Waals surface area contributed by atoms with Gasteiger partial charge in [-0.25, -0.2) is 0 Å². The number of benzene rings is 2. The SMILES string of the molecule is CC(C)Oc1ccccc1NCc1ccc(C#N)cc1. The van der Waals surface area contributed by atoms with Crippen LogP contribution in [0.25, 0.3) is 0 Å². The summed E-state index contributed by atoms with van der Waals surface area (Å²) in [6.45, 7) is 4.72. The highest BCUT2D eigenvalue weighted by molar-refractivity contribution is 5.56. The second-order valence-corrected chi connectivity index (χ2v) is 4.83. The highest BCUT2D eigenvalue weighted by atomic mass is 16.5. The standard InChI is InChI=1S/C17H18N2O/c1-13(2)20-17-6-4-3-5-16(17)19-12-15-9-7-14(11-18)8-10-15/h3-10,13,19H,12H2,1-2H3. The van der Waals surface area contributed by atoms with Crippen molar-refractivity contribution in [3.05, 3.63) is 59.7 Å². The second kappa shape index (κ2) is 6.63. The maximum absolute atomic E-state index is 8.77. The fourth-order valence-corrected chi connectivity index (χ4v) is 1.86. The van der Waals surface area contributed by atoms with Gasteiger partial charge in [-0.2, -0.15) is 5.26 Å². The Hall–Kier alpha value is -2.47. The number of nitrogens with one attached hydrogen (secondary N) is 1. The molecule has 0 aliphatic heterocycles. The molecule has 1 N–H and O–H groups in total. The molecule has 0 atom stereocenters. The van der Waals surface area contributed by atoms with Gasteiger partial charge in [-0.15, -0.1) is 0 Å². The van der Waals surface area contributed by atoms with Crippen molar-refractivity contribution < 1.29 is 4.74 Å². The van der Waals surface area contributed by atoms with Crippen molar-refractivity contribution in [1.82, 2.24) is 0 Å². The number of nitriles is 1. The number of hydrogen-bond donors (Lipinski definition) is 1. The minimum Gasteiger partial charge on any atom is -0.489 e. The quantitative estimate of drug-likeness (QED) is 0.891. The Morgan fingerprint density at radius 2 is 1.80 bits per heavy atom. The summed E-state index contributed by atoms with van der Waals surface area (Å²) in [4.78, 5) is 0. The molecule has 0 aromatic heterocycles. The third-order valence-corrected chi connectivity index (χ3v) is 2.82. The summed E-state index contributed by atoms with van der Waals surface area (Å²) in [6, 6.07) is 17.6. The molecular formula is C17H18N2O. The Balaban J connectivity index is 2.04. The van der Waals surface area contributed by atoms with Gasteiger partial charge in [0.05, 0.1) is 23.4 Å². The molecule has 0 amide bonds. The third-order valence-electron chi connectivity index (χ3n) is 2.82. The molecule has 3 nitrogen and oxygen atoms in total.